The third-order valence-corrected chi connectivity index (χ3v) is 4.01. The summed E-state index contributed by atoms with van der Waals surface area (Å²) >= 11 is 11.9. The van der Waals surface area contributed by atoms with Crippen LogP contribution in [0, 0.1) is 0 Å². The summed E-state index contributed by atoms with van der Waals surface area (Å²) in [5.74, 6) is 1.17. The zero-order chi connectivity index (χ0) is 16.9. The highest BCUT2D eigenvalue weighted by Crippen LogP contribution is 2.30. The van der Waals surface area contributed by atoms with Crippen molar-refractivity contribution in [2.45, 2.75) is 6.10 Å². The molecule has 0 spiro atoms. The van der Waals surface area contributed by atoms with Gasteiger partial charge < -0.3 is 14.8 Å². The maximum atomic E-state index is 11.9. The normalized spacial score (nSPS) is 16.2. The number of nitrogens with one attached hydrogen (secondary N) is 1. The van der Waals surface area contributed by atoms with Crippen LogP contribution in [0.15, 0.2) is 48.5 Å². The number of rotatable bonds is 4. The lowest BCUT2D eigenvalue weighted by molar-refractivity contribution is -0.116. The summed E-state index contributed by atoms with van der Waals surface area (Å²) in [6.45, 7) is 0.746. The average molecular weight is 364 g/mol. The Balaban J connectivity index is 1.52. The monoisotopic (exact) mass is 363 g/mol. The van der Waals surface area contributed by atoms with Crippen molar-refractivity contribution in [1.82, 2.24) is 5.32 Å². The van der Waals surface area contributed by atoms with E-state index in [1.54, 1.807) is 24.3 Å². The molecule has 24 heavy (non-hydrogen) atoms. The van der Waals surface area contributed by atoms with Crippen LogP contribution in [-0.4, -0.2) is 25.2 Å². The van der Waals surface area contributed by atoms with Crippen molar-refractivity contribution in [1.29, 1.82) is 0 Å². The molecule has 0 bridgehead atoms. The van der Waals surface area contributed by atoms with Crippen molar-refractivity contribution in [2.75, 3.05) is 13.2 Å². The molecule has 2 aromatic rings. The van der Waals surface area contributed by atoms with Gasteiger partial charge in [-0.2, -0.15) is 0 Å². The van der Waals surface area contributed by atoms with E-state index in [0.717, 1.165) is 11.3 Å². The lowest BCUT2D eigenvalue weighted by Crippen LogP contribution is -2.40. The van der Waals surface area contributed by atoms with Crippen LogP contribution in [-0.2, 0) is 4.79 Å². The molecule has 6 heteroatoms. The zero-order valence-electron chi connectivity index (χ0n) is 12.7. The van der Waals surface area contributed by atoms with Gasteiger partial charge in [0.15, 0.2) is 11.5 Å². The lowest BCUT2D eigenvalue weighted by Gasteiger charge is -2.26. The molecule has 4 nitrogen and oxygen atoms in total. The highest BCUT2D eigenvalue weighted by Gasteiger charge is 2.20. The molecule has 0 aliphatic carbocycles. The van der Waals surface area contributed by atoms with Gasteiger partial charge in [-0.3, -0.25) is 4.79 Å². The predicted octanol–water partition coefficient (Wildman–Crippen LogP) is 3.96. The lowest BCUT2D eigenvalue weighted by atomic mass is 10.2. The number of para-hydroxylation sites is 2. The highest BCUT2D eigenvalue weighted by atomic mass is 35.5. The molecule has 1 N–H and O–H groups in total. The van der Waals surface area contributed by atoms with Crippen LogP contribution in [0.5, 0.6) is 11.5 Å². The van der Waals surface area contributed by atoms with E-state index in [9.17, 15) is 4.79 Å². The number of benzene rings is 2. The van der Waals surface area contributed by atoms with Gasteiger partial charge in [-0.1, -0.05) is 41.4 Å². The maximum Gasteiger partial charge on any atom is 0.244 e. The Morgan fingerprint density at radius 1 is 1.21 bits per heavy atom. The first-order chi connectivity index (χ1) is 11.6. The Morgan fingerprint density at radius 2 is 2.00 bits per heavy atom. The smallest absolute Gasteiger partial charge is 0.244 e. The number of halogens is 2. The van der Waals surface area contributed by atoms with Crippen LogP contribution >= 0.6 is 23.2 Å². The zero-order valence-corrected chi connectivity index (χ0v) is 14.2. The maximum absolute atomic E-state index is 11.9. The van der Waals surface area contributed by atoms with Crippen molar-refractivity contribution in [3.05, 3.63) is 64.1 Å². The first-order valence-corrected chi connectivity index (χ1v) is 8.17. The summed E-state index contributed by atoms with van der Waals surface area (Å²) in [6, 6.07) is 12.6. The molecule has 1 aliphatic heterocycles. The molecule has 1 heterocycles. The number of ether oxygens (including phenoxy) is 2. The summed E-state index contributed by atoms with van der Waals surface area (Å²) in [7, 11) is 0. The van der Waals surface area contributed by atoms with Crippen LogP contribution in [0.3, 0.4) is 0 Å². The quantitative estimate of drug-likeness (QED) is 0.836. The van der Waals surface area contributed by atoms with Crippen LogP contribution in [0.25, 0.3) is 6.08 Å². The van der Waals surface area contributed by atoms with E-state index >= 15 is 0 Å². The van der Waals surface area contributed by atoms with Crippen LogP contribution in [0.4, 0.5) is 0 Å². The van der Waals surface area contributed by atoms with E-state index in [4.69, 9.17) is 32.7 Å². The van der Waals surface area contributed by atoms with E-state index in [1.165, 1.54) is 6.08 Å². The third kappa shape index (κ3) is 4.22. The van der Waals surface area contributed by atoms with Gasteiger partial charge in [-0.25, -0.2) is 0 Å². The number of amides is 1. The number of carbonyl (C=O) groups is 1. The van der Waals surface area contributed by atoms with Gasteiger partial charge in [0, 0.05) is 16.1 Å². The molecule has 2 aromatic carbocycles. The minimum Gasteiger partial charge on any atom is -0.486 e. The largest absolute Gasteiger partial charge is 0.486 e. The standard InChI is InChI=1S/C18H15Cl2NO3/c19-13-7-5-12(15(20)9-13)6-8-18(22)21-10-14-11-23-16-3-1-2-4-17(16)24-14/h1-9,14H,10-11H2,(H,21,22)/b8-6+/t14-/m0/s1. The van der Waals surface area contributed by atoms with E-state index in [-0.39, 0.29) is 12.0 Å². The van der Waals surface area contributed by atoms with E-state index in [1.807, 2.05) is 24.3 Å². The second-order valence-electron chi connectivity index (χ2n) is 5.24. The van der Waals surface area contributed by atoms with Crippen LogP contribution in [0.2, 0.25) is 10.0 Å². The molecule has 0 saturated carbocycles. The molecule has 1 atom stereocenters. The Hall–Kier alpha value is -2.17. The minimum absolute atomic E-state index is 0.226. The van der Waals surface area contributed by atoms with Gasteiger partial charge in [0.2, 0.25) is 5.91 Å². The molecule has 0 aromatic heterocycles. The topological polar surface area (TPSA) is 47.6 Å². The van der Waals surface area contributed by atoms with Gasteiger partial charge in [0.1, 0.15) is 12.7 Å². The molecule has 0 unspecified atom stereocenters. The van der Waals surface area contributed by atoms with Crippen LogP contribution in [0.1, 0.15) is 5.56 Å². The Bertz CT molecular complexity index is 777. The number of hydrogen-bond acceptors (Lipinski definition) is 3. The number of carbonyl (C=O) groups excluding carboxylic acids is 1. The molecule has 124 valence electrons. The summed E-state index contributed by atoms with van der Waals surface area (Å²) in [6.07, 6.45) is 2.84. The molecular formula is C18H15Cl2NO3. The SMILES string of the molecule is O=C(/C=C/c1ccc(Cl)cc1Cl)NC[C@H]1COc2ccccc2O1. The fraction of sp³-hybridized carbons (Fsp3) is 0.167. The van der Waals surface area contributed by atoms with Crippen molar-refractivity contribution in [3.8, 4) is 11.5 Å². The Labute approximate surface area is 150 Å². The first-order valence-electron chi connectivity index (χ1n) is 7.41. The van der Waals surface area contributed by atoms with Gasteiger partial charge >= 0.3 is 0 Å². The molecule has 0 saturated heterocycles. The van der Waals surface area contributed by atoms with E-state index in [0.29, 0.717) is 28.9 Å². The molecule has 3 rings (SSSR count). The Morgan fingerprint density at radius 3 is 2.79 bits per heavy atom. The van der Waals surface area contributed by atoms with Crippen molar-refractivity contribution in [2.24, 2.45) is 0 Å². The van der Waals surface area contributed by atoms with Crippen molar-refractivity contribution in [3.63, 3.8) is 0 Å². The minimum atomic E-state index is -0.233. The average Bonchev–Trinajstić information content (AvgIpc) is 2.59. The molecule has 1 aliphatic rings. The Kier molecular flexibility index (Phi) is 5.28. The van der Waals surface area contributed by atoms with E-state index in [2.05, 4.69) is 5.32 Å². The fourth-order valence-corrected chi connectivity index (χ4v) is 2.71. The molecular weight excluding hydrogens is 349 g/mol. The van der Waals surface area contributed by atoms with Crippen LogP contribution < -0.4 is 14.8 Å². The van der Waals surface area contributed by atoms with Crippen molar-refractivity contribution >= 4 is 35.2 Å². The highest BCUT2D eigenvalue weighted by molar-refractivity contribution is 6.35. The molecule has 0 radical (unpaired) electrons. The van der Waals surface area contributed by atoms with Gasteiger partial charge in [-0.05, 0) is 35.9 Å². The second-order valence-corrected chi connectivity index (χ2v) is 6.09. The number of hydrogen-bond donors (Lipinski definition) is 1. The molecule has 0 fully saturated rings. The fourth-order valence-electron chi connectivity index (χ4n) is 2.24. The van der Waals surface area contributed by atoms with Gasteiger partial charge in [0.05, 0.1) is 6.54 Å². The van der Waals surface area contributed by atoms with E-state index < -0.39 is 0 Å². The van der Waals surface area contributed by atoms with Gasteiger partial charge in [-0.15, -0.1) is 0 Å². The summed E-state index contributed by atoms with van der Waals surface area (Å²) in [5.41, 5.74) is 0.724. The summed E-state index contributed by atoms with van der Waals surface area (Å²) in [5, 5.41) is 3.83. The second kappa shape index (κ2) is 7.60. The molecule has 1 amide bonds. The van der Waals surface area contributed by atoms with Crippen molar-refractivity contribution < 1.29 is 14.3 Å². The first kappa shape index (κ1) is 16.7. The summed E-state index contributed by atoms with van der Waals surface area (Å²) in [4.78, 5) is 11.9. The predicted molar refractivity (Wildman–Crippen MR) is 94.9 cm³/mol. The van der Waals surface area contributed by atoms with Gasteiger partial charge in [0.25, 0.3) is 0 Å². The summed E-state index contributed by atoms with van der Waals surface area (Å²) < 4.78 is 11.4. The third-order valence-electron chi connectivity index (χ3n) is 3.45. The number of fused-ring (bicyclic) bond motifs is 1.